The number of fused-ring (bicyclic) bond motifs is 1. The number of hydrogen-bond donors (Lipinski definition) is 1. The molecule has 0 bridgehead atoms. The Kier molecular flexibility index (Phi) is 5.20. The predicted molar refractivity (Wildman–Crippen MR) is 94.6 cm³/mol. The summed E-state index contributed by atoms with van der Waals surface area (Å²) in [4.78, 5) is 26.2. The smallest absolute Gasteiger partial charge is 0.235 e. The maximum absolute atomic E-state index is 12.3. The standard InChI is InChI=1S/C19H22N2O4S/c1-4-7-20-8-5-13(6-9-20)26-10-14-11(2)16-15(12(3)22)18(23)21(16)17(14)19(24)25/h4-6,8-9,11-12,15-16,22H,1,7,10H2,2-3H3/t11-,12+,15+,16+/m0/s1. The van der Waals surface area contributed by atoms with Crippen molar-refractivity contribution in [3.8, 4) is 0 Å². The molecule has 6 nitrogen and oxygen atoms in total. The van der Waals surface area contributed by atoms with Crippen LogP contribution < -0.4 is 9.67 Å². The Labute approximate surface area is 156 Å². The number of aliphatic hydroxyl groups excluding tert-OH is 1. The van der Waals surface area contributed by atoms with Crippen molar-refractivity contribution in [1.29, 1.82) is 0 Å². The van der Waals surface area contributed by atoms with E-state index < -0.39 is 18.0 Å². The number of rotatable bonds is 7. The van der Waals surface area contributed by atoms with Gasteiger partial charge in [-0.15, -0.1) is 11.8 Å². The number of carbonyl (C=O) groups is 2. The van der Waals surface area contributed by atoms with E-state index in [9.17, 15) is 19.8 Å². The van der Waals surface area contributed by atoms with Gasteiger partial charge in [0.05, 0.1) is 29.7 Å². The van der Waals surface area contributed by atoms with E-state index in [1.54, 1.807) is 6.92 Å². The number of allylic oxidation sites excluding steroid dienone is 1. The van der Waals surface area contributed by atoms with E-state index in [4.69, 9.17) is 0 Å². The number of pyridine rings is 1. The number of carboxylic acids is 1. The number of aliphatic hydroxyl groups is 1. The minimum Gasteiger partial charge on any atom is -0.543 e. The van der Waals surface area contributed by atoms with Crippen LogP contribution in [0.3, 0.4) is 0 Å². The molecule has 0 saturated carbocycles. The average molecular weight is 374 g/mol. The monoisotopic (exact) mass is 374 g/mol. The average Bonchev–Trinajstić information content (AvgIpc) is 2.83. The first kappa shape index (κ1) is 18.7. The lowest BCUT2D eigenvalue weighted by atomic mass is 9.78. The van der Waals surface area contributed by atoms with E-state index in [0.29, 0.717) is 11.3 Å². The summed E-state index contributed by atoms with van der Waals surface area (Å²) in [5.41, 5.74) is 0.675. The highest BCUT2D eigenvalue weighted by Crippen LogP contribution is 2.47. The van der Waals surface area contributed by atoms with Gasteiger partial charge in [-0.05, 0) is 18.6 Å². The first-order chi connectivity index (χ1) is 12.4. The normalized spacial score (nSPS) is 25.7. The Morgan fingerprint density at radius 1 is 1.50 bits per heavy atom. The Balaban J connectivity index is 1.78. The molecule has 2 aliphatic rings. The Bertz CT molecular complexity index is 772. The molecule has 0 aromatic carbocycles. The quantitative estimate of drug-likeness (QED) is 0.317. The van der Waals surface area contributed by atoms with Gasteiger partial charge in [-0.2, -0.15) is 0 Å². The summed E-state index contributed by atoms with van der Waals surface area (Å²) >= 11 is 1.52. The third-order valence-corrected chi connectivity index (χ3v) is 6.16. The molecule has 2 aliphatic heterocycles. The summed E-state index contributed by atoms with van der Waals surface area (Å²) in [5, 5.41) is 21.5. The first-order valence-electron chi connectivity index (χ1n) is 8.55. The van der Waals surface area contributed by atoms with Gasteiger partial charge < -0.3 is 19.9 Å². The summed E-state index contributed by atoms with van der Waals surface area (Å²) in [7, 11) is 0. The highest BCUT2D eigenvalue weighted by molar-refractivity contribution is 7.99. The molecule has 0 spiro atoms. The third kappa shape index (κ3) is 3.05. The summed E-state index contributed by atoms with van der Waals surface area (Å²) < 4.78 is 1.99. The summed E-state index contributed by atoms with van der Waals surface area (Å²) in [6, 6.07) is 3.63. The molecule has 3 rings (SSSR count). The van der Waals surface area contributed by atoms with Crippen LogP contribution in [0.1, 0.15) is 13.8 Å². The second-order valence-corrected chi connectivity index (χ2v) is 7.77. The molecule has 3 heterocycles. The van der Waals surface area contributed by atoms with E-state index in [1.807, 2.05) is 42.1 Å². The molecule has 1 N–H and O–H groups in total. The van der Waals surface area contributed by atoms with Gasteiger partial charge in [-0.1, -0.05) is 13.5 Å². The van der Waals surface area contributed by atoms with Crippen LogP contribution in [-0.2, 0) is 16.1 Å². The molecule has 26 heavy (non-hydrogen) atoms. The van der Waals surface area contributed by atoms with Crippen molar-refractivity contribution in [2.45, 2.75) is 37.4 Å². The number of β-lactam (4-membered cyclic amide) rings is 1. The second kappa shape index (κ2) is 7.25. The van der Waals surface area contributed by atoms with Gasteiger partial charge in [0.15, 0.2) is 18.9 Å². The van der Waals surface area contributed by atoms with E-state index in [-0.39, 0.29) is 23.6 Å². The maximum atomic E-state index is 12.3. The van der Waals surface area contributed by atoms with Crippen molar-refractivity contribution in [2.24, 2.45) is 11.8 Å². The van der Waals surface area contributed by atoms with Crippen molar-refractivity contribution in [2.75, 3.05) is 5.75 Å². The molecule has 1 aromatic heterocycles. The molecule has 0 unspecified atom stereocenters. The maximum Gasteiger partial charge on any atom is 0.235 e. The summed E-state index contributed by atoms with van der Waals surface area (Å²) in [5.74, 6) is -1.87. The van der Waals surface area contributed by atoms with Crippen LogP contribution in [0.4, 0.5) is 0 Å². The molecule has 0 radical (unpaired) electrons. The van der Waals surface area contributed by atoms with E-state index >= 15 is 0 Å². The molecular weight excluding hydrogens is 352 g/mol. The number of carbonyl (C=O) groups excluding carboxylic acids is 2. The van der Waals surface area contributed by atoms with Crippen molar-refractivity contribution < 1.29 is 24.4 Å². The van der Waals surface area contributed by atoms with Gasteiger partial charge in [-0.25, -0.2) is 4.57 Å². The van der Waals surface area contributed by atoms with Crippen LogP contribution in [-0.4, -0.2) is 39.8 Å². The van der Waals surface area contributed by atoms with Crippen LogP contribution in [0.5, 0.6) is 0 Å². The van der Waals surface area contributed by atoms with Gasteiger partial charge in [0.1, 0.15) is 0 Å². The molecule has 1 amide bonds. The van der Waals surface area contributed by atoms with E-state index in [1.165, 1.54) is 16.7 Å². The number of hydrogen-bond acceptors (Lipinski definition) is 5. The number of amides is 1. The van der Waals surface area contributed by atoms with Crippen molar-refractivity contribution in [3.05, 3.63) is 48.5 Å². The number of carboxylic acid groups (broad SMARTS) is 1. The highest BCUT2D eigenvalue weighted by Gasteiger charge is 2.58. The number of nitrogens with zero attached hydrogens (tertiary/aromatic N) is 2. The zero-order valence-electron chi connectivity index (χ0n) is 14.8. The molecular formula is C19H22N2O4S. The Hall–Kier alpha value is -2.12. The second-order valence-electron chi connectivity index (χ2n) is 6.72. The van der Waals surface area contributed by atoms with Crippen LogP contribution in [0, 0.1) is 11.8 Å². The summed E-state index contributed by atoms with van der Waals surface area (Å²) in [6.07, 6.45) is 4.90. The minimum atomic E-state index is -1.33. The number of thioether (sulfide) groups is 1. The minimum absolute atomic E-state index is 0.0189. The van der Waals surface area contributed by atoms with E-state index in [2.05, 4.69) is 6.58 Å². The fourth-order valence-corrected chi connectivity index (χ4v) is 4.83. The van der Waals surface area contributed by atoms with Crippen molar-refractivity contribution >= 4 is 23.6 Å². The highest BCUT2D eigenvalue weighted by atomic mass is 32.2. The molecule has 1 saturated heterocycles. The van der Waals surface area contributed by atoms with Crippen LogP contribution in [0.15, 0.2) is 53.3 Å². The fourth-order valence-electron chi connectivity index (χ4n) is 3.80. The van der Waals surface area contributed by atoms with Gasteiger partial charge >= 0.3 is 0 Å². The van der Waals surface area contributed by atoms with Crippen molar-refractivity contribution in [1.82, 2.24) is 4.90 Å². The molecule has 0 aliphatic carbocycles. The molecule has 138 valence electrons. The van der Waals surface area contributed by atoms with Gasteiger partial charge in [0, 0.05) is 28.7 Å². The van der Waals surface area contributed by atoms with Crippen molar-refractivity contribution in [3.63, 3.8) is 0 Å². The summed E-state index contributed by atoms with van der Waals surface area (Å²) in [6.45, 7) is 7.91. The van der Waals surface area contributed by atoms with Crippen LogP contribution in [0.25, 0.3) is 0 Å². The first-order valence-corrected chi connectivity index (χ1v) is 9.53. The van der Waals surface area contributed by atoms with Gasteiger partial charge in [-0.3, -0.25) is 4.79 Å². The van der Waals surface area contributed by atoms with Crippen LogP contribution in [0.2, 0.25) is 0 Å². The molecule has 7 heteroatoms. The number of aromatic nitrogens is 1. The Morgan fingerprint density at radius 2 is 2.15 bits per heavy atom. The molecule has 4 atom stereocenters. The molecule has 1 aromatic rings. The lowest BCUT2D eigenvalue weighted by molar-refractivity contribution is -0.687. The SMILES string of the molecule is C=CC[n+]1ccc(SCC2=C(C(=O)[O-])N3C(=O)[C@H]([C@@H](C)O)[C@H]3[C@H]2C)cc1. The Morgan fingerprint density at radius 3 is 2.69 bits per heavy atom. The lowest BCUT2D eigenvalue weighted by Gasteiger charge is -2.47. The van der Waals surface area contributed by atoms with Gasteiger partial charge in [0.25, 0.3) is 0 Å². The fraction of sp³-hybridized carbons (Fsp3) is 0.421. The topological polar surface area (TPSA) is 84.5 Å². The van der Waals surface area contributed by atoms with Gasteiger partial charge in [0.2, 0.25) is 5.91 Å². The largest absolute Gasteiger partial charge is 0.543 e. The van der Waals surface area contributed by atoms with E-state index in [0.717, 1.165) is 11.4 Å². The third-order valence-electron chi connectivity index (χ3n) is 5.10. The predicted octanol–water partition coefficient (Wildman–Crippen LogP) is 0.114. The van der Waals surface area contributed by atoms with Crippen LogP contribution >= 0.6 is 11.8 Å². The zero-order valence-corrected chi connectivity index (χ0v) is 15.6. The molecule has 1 fully saturated rings. The zero-order chi connectivity index (χ0) is 19.0. The number of aliphatic carboxylic acids is 1. The lowest BCUT2D eigenvalue weighted by Crippen LogP contribution is -2.64.